The van der Waals surface area contributed by atoms with Crippen molar-refractivity contribution >= 4 is 55.6 Å². The molecule has 0 radical (unpaired) electrons. The standard InChI is InChI=1S/2C7H5BrO3.2C7H8N2O.2H2O.Zn/c2*8-4-1-2-6(9)5(3-4)7(10)11;2*1-8-7(10)6-3-2-4-9-5-6;;;/h2*1-3,9H,(H,10,11);2*2-5H,1H3,(H,8,10);2*1H2;/q;;;;;;+2. The second kappa shape index (κ2) is 24.1. The van der Waals surface area contributed by atoms with Crippen LogP contribution in [-0.2, 0) is 30.4 Å². The minimum Gasteiger partial charge on any atom is -0.872 e. The fourth-order valence-electron chi connectivity index (χ4n) is 2.62. The van der Waals surface area contributed by atoms with Crippen LogP contribution in [0.15, 0.2) is 94.4 Å². The summed E-state index contributed by atoms with van der Waals surface area (Å²) in [6.07, 6.45) is 6.32. The molecule has 0 saturated heterocycles. The van der Waals surface area contributed by atoms with Gasteiger partial charge in [0.1, 0.15) is 0 Å². The molecule has 0 saturated carbocycles. The smallest absolute Gasteiger partial charge is 0.872 e. The van der Waals surface area contributed by atoms with E-state index in [2.05, 4.69) is 52.5 Å². The van der Waals surface area contributed by atoms with Gasteiger partial charge in [0.05, 0.1) is 22.3 Å². The van der Waals surface area contributed by atoms with Gasteiger partial charge in [0, 0.05) is 47.8 Å². The first-order valence-electron chi connectivity index (χ1n) is 11.5. The first-order chi connectivity index (χ1) is 19.9. The Labute approximate surface area is 287 Å². The molecule has 2 aromatic heterocycles. The Bertz CT molecular complexity index is 1390. The molecular formula is C28H30Br2N4O10Zn+2. The summed E-state index contributed by atoms with van der Waals surface area (Å²) in [7, 11) is 3.19. The number of aromatic carboxylic acids is 2. The maximum absolute atomic E-state index is 10.9. The molecule has 17 heteroatoms. The second-order valence-corrected chi connectivity index (χ2v) is 9.36. The zero-order chi connectivity index (χ0) is 31.7. The minimum absolute atomic E-state index is 0. The third kappa shape index (κ3) is 17.0. The number of carbonyl (C=O) groups is 4. The molecule has 2 aromatic carbocycles. The quantitative estimate of drug-likeness (QED) is 0.170. The summed E-state index contributed by atoms with van der Waals surface area (Å²) in [4.78, 5) is 50.0. The van der Waals surface area contributed by atoms with E-state index in [0.717, 1.165) is 0 Å². The molecule has 10 N–H and O–H groups in total. The summed E-state index contributed by atoms with van der Waals surface area (Å²) in [6, 6.07) is 14.9. The number of carbonyl (C=O) groups excluding carboxylic acids is 2. The van der Waals surface area contributed by atoms with Gasteiger partial charge in [-0.3, -0.25) is 19.6 Å². The van der Waals surface area contributed by atoms with Gasteiger partial charge in [-0.05, 0) is 48.5 Å². The van der Waals surface area contributed by atoms with E-state index in [1.165, 1.54) is 48.8 Å². The number of carboxylic acids is 2. The maximum Gasteiger partial charge on any atom is 2.00 e. The van der Waals surface area contributed by atoms with Crippen molar-refractivity contribution in [1.82, 2.24) is 20.6 Å². The molecule has 236 valence electrons. The van der Waals surface area contributed by atoms with E-state index in [1.54, 1.807) is 50.8 Å². The minimum atomic E-state index is -1.20. The molecule has 14 nitrogen and oxygen atoms in total. The number of hydrogen-bond donors (Lipinski definition) is 4. The summed E-state index contributed by atoms with van der Waals surface area (Å²) in [5.41, 5.74) is 0.758. The van der Waals surface area contributed by atoms with Crippen LogP contribution >= 0.6 is 31.9 Å². The number of nitrogens with zero attached hydrogens (tertiary/aromatic N) is 2. The molecular weight excluding hydrogens is 778 g/mol. The number of rotatable bonds is 4. The third-order valence-corrected chi connectivity index (χ3v) is 5.63. The molecule has 0 unspecified atom stereocenters. The van der Waals surface area contributed by atoms with Crippen LogP contribution in [0.4, 0.5) is 0 Å². The van der Waals surface area contributed by atoms with E-state index in [4.69, 9.17) is 10.2 Å². The van der Waals surface area contributed by atoms with Crippen LogP contribution in [0.2, 0.25) is 0 Å². The molecule has 2 amide bonds. The Morgan fingerprint density at radius 3 is 1.22 bits per heavy atom. The molecule has 4 rings (SSSR count). The number of hydrogen-bond acceptors (Lipinski definition) is 8. The largest absolute Gasteiger partial charge is 2.00 e. The van der Waals surface area contributed by atoms with Gasteiger partial charge in [0.2, 0.25) is 0 Å². The van der Waals surface area contributed by atoms with E-state index >= 15 is 0 Å². The van der Waals surface area contributed by atoms with Crippen LogP contribution in [-0.4, -0.2) is 58.0 Å². The van der Waals surface area contributed by atoms with Crippen LogP contribution in [0.1, 0.15) is 41.4 Å². The van der Waals surface area contributed by atoms with E-state index in [9.17, 15) is 29.4 Å². The van der Waals surface area contributed by atoms with Crippen molar-refractivity contribution in [3.05, 3.63) is 117 Å². The first kappa shape index (κ1) is 45.2. The molecule has 4 aromatic rings. The average Bonchev–Trinajstić information content (AvgIpc) is 3.00. The second-order valence-electron chi connectivity index (χ2n) is 7.53. The van der Waals surface area contributed by atoms with Crippen molar-refractivity contribution in [2.45, 2.75) is 0 Å². The van der Waals surface area contributed by atoms with Crippen molar-refractivity contribution in [3.63, 3.8) is 0 Å². The third-order valence-electron chi connectivity index (χ3n) is 4.65. The Kier molecular flexibility index (Phi) is 24.2. The SMILES string of the molecule is CNC(=O)c1cccnc1.CNC(=O)c1cccnc1.O=C(O)c1cc(Br)ccc1[O-].O=C(O)c1cc(Br)ccc1[O-].[OH3+].[OH3+].[Zn+2]. The maximum atomic E-state index is 10.9. The van der Waals surface area contributed by atoms with Gasteiger partial charge in [0.15, 0.2) is 0 Å². The van der Waals surface area contributed by atoms with Gasteiger partial charge < -0.3 is 42.0 Å². The summed E-state index contributed by atoms with van der Waals surface area (Å²) in [5.74, 6) is -3.55. The zero-order valence-corrected chi connectivity index (χ0v) is 30.1. The van der Waals surface area contributed by atoms with Gasteiger partial charge in [-0.1, -0.05) is 55.5 Å². The van der Waals surface area contributed by atoms with E-state index in [-0.39, 0.29) is 53.4 Å². The molecule has 0 spiro atoms. The molecule has 2 heterocycles. The van der Waals surface area contributed by atoms with Crippen molar-refractivity contribution in [3.8, 4) is 11.5 Å². The number of halogens is 2. The predicted molar refractivity (Wildman–Crippen MR) is 166 cm³/mol. The number of aromatic nitrogens is 2. The Morgan fingerprint density at radius 1 is 0.667 bits per heavy atom. The van der Waals surface area contributed by atoms with Crippen molar-refractivity contribution in [2.24, 2.45) is 0 Å². The van der Waals surface area contributed by atoms with Crippen molar-refractivity contribution in [1.29, 1.82) is 0 Å². The number of benzene rings is 2. The van der Waals surface area contributed by atoms with E-state index in [0.29, 0.717) is 20.1 Å². The molecule has 0 aliphatic rings. The first-order valence-corrected chi connectivity index (χ1v) is 13.1. The molecule has 0 atom stereocenters. The number of carboxylic acid groups (broad SMARTS) is 2. The van der Waals surface area contributed by atoms with Crippen molar-refractivity contribution in [2.75, 3.05) is 14.1 Å². The van der Waals surface area contributed by atoms with E-state index in [1.807, 2.05) is 0 Å². The van der Waals surface area contributed by atoms with Crippen LogP contribution in [0.25, 0.3) is 0 Å². The summed E-state index contributed by atoms with van der Waals surface area (Å²) in [6.45, 7) is 0. The Hall–Kier alpha value is -4.28. The molecule has 0 aliphatic carbocycles. The predicted octanol–water partition coefficient (Wildman–Crippen LogP) is 1.48. The van der Waals surface area contributed by atoms with Gasteiger partial charge in [0.25, 0.3) is 11.8 Å². The van der Waals surface area contributed by atoms with Crippen LogP contribution in [0.5, 0.6) is 11.5 Å². The molecule has 0 fully saturated rings. The molecule has 0 bridgehead atoms. The summed E-state index contributed by atoms with van der Waals surface area (Å²) in [5, 5.41) is 43.6. The molecule has 0 aliphatic heterocycles. The number of pyridine rings is 2. The van der Waals surface area contributed by atoms with Crippen molar-refractivity contribution < 1.29 is 70.0 Å². The van der Waals surface area contributed by atoms with Crippen LogP contribution in [0.3, 0.4) is 0 Å². The zero-order valence-electron chi connectivity index (χ0n) is 23.9. The fraction of sp³-hybridized carbons (Fsp3) is 0.0714. The fourth-order valence-corrected chi connectivity index (χ4v) is 3.34. The number of amides is 2. The normalized spacial score (nSPS) is 8.62. The van der Waals surface area contributed by atoms with Gasteiger partial charge in [-0.2, -0.15) is 0 Å². The van der Waals surface area contributed by atoms with Gasteiger partial charge >= 0.3 is 31.4 Å². The van der Waals surface area contributed by atoms with E-state index < -0.39 is 23.4 Å². The Balaban J connectivity index is -0.000000512. The topological polar surface area (TPSA) is 271 Å². The average molecular weight is 808 g/mol. The Morgan fingerprint density at radius 2 is 1.00 bits per heavy atom. The van der Waals surface area contributed by atoms with Crippen LogP contribution < -0.4 is 20.8 Å². The number of nitrogens with one attached hydrogen (secondary N) is 2. The molecule has 45 heavy (non-hydrogen) atoms. The summed E-state index contributed by atoms with van der Waals surface area (Å²) >= 11 is 6.12. The monoisotopic (exact) mass is 804 g/mol. The van der Waals surface area contributed by atoms with Gasteiger partial charge in [-0.25, -0.2) is 9.59 Å². The van der Waals surface area contributed by atoms with Gasteiger partial charge in [-0.15, -0.1) is 0 Å². The summed E-state index contributed by atoms with van der Waals surface area (Å²) < 4.78 is 1.18. The van der Waals surface area contributed by atoms with Crippen LogP contribution in [0, 0.1) is 0 Å².